The Labute approximate surface area is 90.5 Å². The Morgan fingerprint density at radius 3 is 2.73 bits per heavy atom. The van der Waals surface area contributed by atoms with Crippen LogP contribution < -0.4 is 0 Å². The minimum absolute atomic E-state index is 0.951. The van der Waals surface area contributed by atoms with Crippen molar-refractivity contribution in [3.8, 4) is 0 Å². The minimum atomic E-state index is 0.951. The second-order valence-electron chi connectivity index (χ2n) is 3.67. The highest BCUT2D eigenvalue weighted by Crippen LogP contribution is 2.23. The molecule has 0 unspecified atom stereocenters. The van der Waals surface area contributed by atoms with Crippen molar-refractivity contribution in [3.63, 3.8) is 0 Å². The summed E-state index contributed by atoms with van der Waals surface area (Å²) < 4.78 is 0. The molecule has 1 aromatic heterocycles. The van der Waals surface area contributed by atoms with E-state index in [4.69, 9.17) is 0 Å². The molecule has 0 radical (unpaired) electrons. The molecule has 0 aliphatic heterocycles. The van der Waals surface area contributed by atoms with Gasteiger partial charge >= 0.3 is 0 Å². The first-order valence-corrected chi connectivity index (χ1v) is 5.28. The molecule has 0 spiro atoms. The maximum atomic E-state index is 4.65. The fourth-order valence-corrected chi connectivity index (χ4v) is 2.00. The topological polar surface area (TPSA) is 12.9 Å². The van der Waals surface area contributed by atoms with Gasteiger partial charge in [0.1, 0.15) is 0 Å². The number of aromatic nitrogens is 1. The molecule has 1 heteroatoms. The average molecular weight is 197 g/mol. The lowest BCUT2D eigenvalue weighted by atomic mass is 10.0. The molecule has 0 aliphatic rings. The molecule has 0 saturated carbocycles. The van der Waals surface area contributed by atoms with Crippen LogP contribution in [0.1, 0.15) is 23.7 Å². The molecular weight excluding hydrogens is 182 g/mol. The zero-order chi connectivity index (χ0) is 10.8. The van der Waals surface area contributed by atoms with E-state index >= 15 is 0 Å². The fourth-order valence-electron chi connectivity index (χ4n) is 2.00. The molecule has 1 nitrogen and oxygen atoms in total. The van der Waals surface area contributed by atoms with Gasteiger partial charge in [-0.3, -0.25) is 4.98 Å². The van der Waals surface area contributed by atoms with Crippen molar-refractivity contribution in [2.45, 2.75) is 20.3 Å². The fraction of sp³-hybridized carbons (Fsp3) is 0.214. The van der Waals surface area contributed by atoms with Gasteiger partial charge in [-0.2, -0.15) is 0 Å². The van der Waals surface area contributed by atoms with Gasteiger partial charge in [0.15, 0.2) is 0 Å². The molecule has 1 aromatic carbocycles. The van der Waals surface area contributed by atoms with Gasteiger partial charge in [0.25, 0.3) is 0 Å². The summed E-state index contributed by atoms with van der Waals surface area (Å²) >= 11 is 0. The van der Waals surface area contributed by atoms with E-state index in [1.807, 2.05) is 12.1 Å². The Balaban J connectivity index is 2.87. The standard InChI is InChI=1S/C14H15N/c1-4-11-10(3)12-8-6-7-9-14(12)15-13(11)5-2/h4,6-9H,1,5H2,2-3H3. The number of nitrogens with zero attached hydrogens (tertiary/aromatic N) is 1. The Morgan fingerprint density at radius 2 is 2.07 bits per heavy atom. The zero-order valence-electron chi connectivity index (χ0n) is 9.25. The predicted octanol–water partition coefficient (Wildman–Crippen LogP) is 3.75. The lowest BCUT2D eigenvalue weighted by Crippen LogP contribution is -1.96. The van der Waals surface area contributed by atoms with Crippen LogP contribution in [0.25, 0.3) is 17.0 Å². The molecule has 0 amide bonds. The van der Waals surface area contributed by atoms with Crippen LogP contribution in [0, 0.1) is 6.92 Å². The van der Waals surface area contributed by atoms with Crippen LogP contribution in [0.3, 0.4) is 0 Å². The monoisotopic (exact) mass is 197 g/mol. The van der Waals surface area contributed by atoms with E-state index in [-0.39, 0.29) is 0 Å². The Hall–Kier alpha value is -1.63. The number of hydrogen-bond donors (Lipinski definition) is 0. The summed E-state index contributed by atoms with van der Waals surface area (Å²) in [6, 6.07) is 8.26. The van der Waals surface area contributed by atoms with Crippen LogP contribution in [0.4, 0.5) is 0 Å². The van der Waals surface area contributed by atoms with Gasteiger partial charge < -0.3 is 0 Å². The number of pyridine rings is 1. The van der Waals surface area contributed by atoms with Gasteiger partial charge in [-0.25, -0.2) is 0 Å². The first kappa shape index (κ1) is 9.91. The second kappa shape index (κ2) is 3.85. The Bertz CT molecular complexity index is 512. The minimum Gasteiger partial charge on any atom is -0.252 e. The van der Waals surface area contributed by atoms with Crippen LogP contribution >= 0.6 is 0 Å². The molecule has 0 fully saturated rings. The zero-order valence-corrected chi connectivity index (χ0v) is 9.25. The molecular formula is C14H15N. The van der Waals surface area contributed by atoms with Crippen molar-refractivity contribution < 1.29 is 0 Å². The van der Waals surface area contributed by atoms with Gasteiger partial charge in [0.2, 0.25) is 0 Å². The van der Waals surface area contributed by atoms with Crippen molar-refractivity contribution >= 4 is 17.0 Å². The lowest BCUT2D eigenvalue weighted by Gasteiger charge is -2.10. The number of para-hydroxylation sites is 1. The molecule has 0 N–H and O–H groups in total. The molecule has 2 rings (SSSR count). The Kier molecular flexibility index (Phi) is 2.55. The lowest BCUT2D eigenvalue weighted by molar-refractivity contribution is 1.04. The van der Waals surface area contributed by atoms with Gasteiger partial charge in [0, 0.05) is 11.1 Å². The average Bonchev–Trinajstić information content (AvgIpc) is 2.29. The normalized spacial score (nSPS) is 10.5. The van der Waals surface area contributed by atoms with E-state index in [0.29, 0.717) is 0 Å². The van der Waals surface area contributed by atoms with Crippen LogP contribution in [0.5, 0.6) is 0 Å². The molecule has 0 atom stereocenters. The van der Waals surface area contributed by atoms with Gasteiger partial charge in [-0.1, -0.05) is 37.8 Å². The largest absolute Gasteiger partial charge is 0.252 e. The van der Waals surface area contributed by atoms with Crippen LogP contribution in [0.15, 0.2) is 30.8 Å². The molecule has 76 valence electrons. The summed E-state index contributed by atoms with van der Waals surface area (Å²) in [5.41, 5.74) is 4.70. The van der Waals surface area contributed by atoms with Crippen LogP contribution in [0.2, 0.25) is 0 Å². The summed E-state index contributed by atoms with van der Waals surface area (Å²) in [6.07, 6.45) is 2.86. The van der Waals surface area contributed by atoms with Crippen molar-refractivity contribution in [3.05, 3.63) is 47.7 Å². The van der Waals surface area contributed by atoms with Crippen LogP contribution in [-0.4, -0.2) is 4.98 Å². The van der Waals surface area contributed by atoms with Crippen molar-refractivity contribution in [2.24, 2.45) is 0 Å². The first-order valence-electron chi connectivity index (χ1n) is 5.28. The van der Waals surface area contributed by atoms with E-state index in [9.17, 15) is 0 Å². The number of rotatable bonds is 2. The quantitative estimate of drug-likeness (QED) is 0.714. The molecule has 0 aliphatic carbocycles. The smallest absolute Gasteiger partial charge is 0.0708 e. The van der Waals surface area contributed by atoms with E-state index < -0.39 is 0 Å². The molecule has 0 bridgehead atoms. The van der Waals surface area contributed by atoms with E-state index in [1.54, 1.807) is 0 Å². The highest BCUT2D eigenvalue weighted by molar-refractivity contribution is 5.85. The van der Waals surface area contributed by atoms with E-state index in [1.165, 1.54) is 16.5 Å². The third-order valence-corrected chi connectivity index (χ3v) is 2.82. The van der Waals surface area contributed by atoms with E-state index in [0.717, 1.165) is 17.6 Å². The molecule has 0 saturated heterocycles. The number of hydrogen-bond acceptors (Lipinski definition) is 1. The maximum Gasteiger partial charge on any atom is 0.0708 e. The predicted molar refractivity (Wildman–Crippen MR) is 65.9 cm³/mol. The third kappa shape index (κ3) is 1.54. The Morgan fingerprint density at radius 1 is 1.33 bits per heavy atom. The maximum absolute atomic E-state index is 4.65. The first-order chi connectivity index (χ1) is 7.27. The van der Waals surface area contributed by atoms with Crippen LogP contribution in [-0.2, 0) is 6.42 Å². The van der Waals surface area contributed by atoms with Gasteiger partial charge in [-0.05, 0) is 30.5 Å². The molecule has 15 heavy (non-hydrogen) atoms. The number of benzene rings is 1. The summed E-state index contributed by atoms with van der Waals surface area (Å²) in [5.74, 6) is 0. The summed E-state index contributed by atoms with van der Waals surface area (Å²) in [5, 5.41) is 1.23. The molecule has 1 heterocycles. The SMILES string of the molecule is C=Cc1c(CC)nc2ccccc2c1C. The second-order valence-corrected chi connectivity index (χ2v) is 3.67. The summed E-state index contributed by atoms with van der Waals surface area (Å²) in [4.78, 5) is 4.65. The summed E-state index contributed by atoms with van der Waals surface area (Å²) in [6.45, 7) is 8.13. The van der Waals surface area contributed by atoms with Crippen molar-refractivity contribution in [1.29, 1.82) is 0 Å². The van der Waals surface area contributed by atoms with Crippen molar-refractivity contribution in [1.82, 2.24) is 4.98 Å². The highest BCUT2D eigenvalue weighted by Gasteiger charge is 2.07. The van der Waals surface area contributed by atoms with Gasteiger partial charge in [0.05, 0.1) is 5.52 Å². The van der Waals surface area contributed by atoms with E-state index in [2.05, 4.69) is 43.6 Å². The van der Waals surface area contributed by atoms with Crippen molar-refractivity contribution in [2.75, 3.05) is 0 Å². The molecule has 2 aromatic rings. The third-order valence-electron chi connectivity index (χ3n) is 2.82. The van der Waals surface area contributed by atoms with Gasteiger partial charge in [-0.15, -0.1) is 0 Å². The number of fused-ring (bicyclic) bond motifs is 1. The summed E-state index contributed by atoms with van der Waals surface area (Å²) in [7, 11) is 0. The highest BCUT2D eigenvalue weighted by atomic mass is 14.7. The number of aryl methyl sites for hydroxylation is 2.